The monoisotopic (exact) mass is 504 g/mol. The number of halogens is 2. The molecule has 0 aliphatic rings. The van der Waals surface area contributed by atoms with Crippen molar-refractivity contribution in [3.8, 4) is 22.9 Å². The molecule has 0 aliphatic heterocycles. The highest BCUT2D eigenvalue weighted by Crippen LogP contribution is 2.30. The second-order valence-electron chi connectivity index (χ2n) is 8.59. The van der Waals surface area contributed by atoms with Gasteiger partial charge in [-0.25, -0.2) is 4.39 Å². The predicted octanol–water partition coefficient (Wildman–Crippen LogP) is 3.10. The molecule has 186 valence electrons. The molecular weight excluding hydrogens is 479 g/mol. The molecule has 1 N–H and O–H groups in total. The van der Waals surface area contributed by atoms with Crippen LogP contribution in [0.4, 0.5) is 10.1 Å². The third-order valence-electron chi connectivity index (χ3n) is 4.70. The maximum Gasteiger partial charge on any atom is 0.251 e. The Morgan fingerprint density at radius 2 is 1.83 bits per heavy atom. The molecule has 2 amide bonds. The van der Waals surface area contributed by atoms with Gasteiger partial charge < -0.3 is 19.7 Å². The number of aromatic nitrogens is 4. The Morgan fingerprint density at radius 3 is 2.46 bits per heavy atom. The summed E-state index contributed by atoms with van der Waals surface area (Å²) < 4.78 is 24.2. The lowest BCUT2D eigenvalue weighted by Crippen LogP contribution is -2.48. The van der Waals surface area contributed by atoms with Gasteiger partial charge >= 0.3 is 0 Å². The normalized spacial score (nSPS) is 11.2. The van der Waals surface area contributed by atoms with Gasteiger partial charge in [0.25, 0.3) is 5.91 Å². The molecule has 0 unspecified atom stereocenters. The molecule has 0 fully saturated rings. The van der Waals surface area contributed by atoms with E-state index in [0.717, 1.165) is 10.9 Å². The summed E-state index contributed by atoms with van der Waals surface area (Å²) in [5, 5.41) is 14.8. The molecule has 0 saturated heterocycles. The van der Waals surface area contributed by atoms with Crippen LogP contribution in [-0.4, -0.2) is 58.3 Å². The average Bonchev–Trinajstić information content (AvgIpc) is 3.26. The van der Waals surface area contributed by atoms with Gasteiger partial charge in [-0.3, -0.25) is 9.59 Å². The number of ether oxygens (including phenoxy) is 2. The number of nitrogens with one attached hydrogen (secondary N) is 1. The van der Waals surface area contributed by atoms with E-state index >= 15 is 0 Å². The van der Waals surface area contributed by atoms with Crippen molar-refractivity contribution >= 4 is 29.1 Å². The molecule has 0 radical (unpaired) electrons. The number of anilines is 1. The lowest BCUT2D eigenvalue weighted by Gasteiger charge is -2.26. The number of carbonyl (C=O) groups is 2. The van der Waals surface area contributed by atoms with Gasteiger partial charge in [-0.1, -0.05) is 11.6 Å². The molecule has 0 aliphatic carbocycles. The number of benzene rings is 2. The fourth-order valence-corrected chi connectivity index (χ4v) is 3.36. The van der Waals surface area contributed by atoms with Crippen molar-refractivity contribution in [2.45, 2.75) is 32.9 Å². The first-order valence-corrected chi connectivity index (χ1v) is 10.9. The SMILES string of the molecule is COc1ccc(-c2nnn(CC(=O)N(CC(=O)NC(C)(C)C)c3ccc(F)c(Cl)c3)n2)cc1OC. The van der Waals surface area contributed by atoms with Crippen molar-refractivity contribution in [3.63, 3.8) is 0 Å². The van der Waals surface area contributed by atoms with Gasteiger partial charge in [-0.2, -0.15) is 4.80 Å². The maximum atomic E-state index is 13.7. The van der Waals surface area contributed by atoms with E-state index in [0.29, 0.717) is 17.1 Å². The Labute approximate surface area is 207 Å². The lowest BCUT2D eigenvalue weighted by atomic mass is 10.1. The van der Waals surface area contributed by atoms with Crippen LogP contribution < -0.4 is 19.7 Å². The van der Waals surface area contributed by atoms with E-state index < -0.39 is 23.2 Å². The smallest absolute Gasteiger partial charge is 0.251 e. The molecule has 35 heavy (non-hydrogen) atoms. The summed E-state index contributed by atoms with van der Waals surface area (Å²) in [7, 11) is 3.04. The molecule has 0 spiro atoms. The van der Waals surface area contributed by atoms with Gasteiger partial charge in [0.1, 0.15) is 18.9 Å². The van der Waals surface area contributed by atoms with Crippen molar-refractivity contribution in [1.29, 1.82) is 0 Å². The van der Waals surface area contributed by atoms with Gasteiger partial charge in [-0.15, -0.1) is 10.2 Å². The summed E-state index contributed by atoms with van der Waals surface area (Å²) in [5.41, 5.74) is 0.354. The van der Waals surface area contributed by atoms with Crippen LogP contribution in [0, 0.1) is 5.82 Å². The summed E-state index contributed by atoms with van der Waals surface area (Å²) >= 11 is 5.91. The van der Waals surface area contributed by atoms with E-state index in [2.05, 4.69) is 20.7 Å². The molecular formula is C23H26ClFN6O4. The van der Waals surface area contributed by atoms with Crippen LogP contribution in [0.2, 0.25) is 5.02 Å². The third-order valence-corrected chi connectivity index (χ3v) is 4.99. The summed E-state index contributed by atoms with van der Waals surface area (Å²) in [6, 6.07) is 8.90. The van der Waals surface area contributed by atoms with Crippen LogP contribution in [0.5, 0.6) is 11.5 Å². The fourth-order valence-electron chi connectivity index (χ4n) is 3.19. The molecule has 3 rings (SSSR count). The van der Waals surface area contributed by atoms with Crippen molar-refractivity contribution in [1.82, 2.24) is 25.5 Å². The van der Waals surface area contributed by atoms with E-state index in [9.17, 15) is 14.0 Å². The van der Waals surface area contributed by atoms with Gasteiger partial charge in [-0.05, 0) is 62.4 Å². The minimum Gasteiger partial charge on any atom is -0.493 e. The Hall–Kier alpha value is -3.73. The first kappa shape index (κ1) is 25.9. The third kappa shape index (κ3) is 6.66. The number of methoxy groups -OCH3 is 2. The Balaban J connectivity index is 1.84. The molecule has 0 atom stereocenters. The molecule has 12 heteroatoms. The second-order valence-corrected chi connectivity index (χ2v) is 9.00. The van der Waals surface area contributed by atoms with E-state index in [1.165, 1.54) is 31.3 Å². The van der Waals surface area contributed by atoms with Crippen molar-refractivity contribution in [3.05, 3.63) is 47.2 Å². The first-order valence-electron chi connectivity index (χ1n) is 10.6. The van der Waals surface area contributed by atoms with Gasteiger partial charge in [0.15, 0.2) is 11.5 Å². The molecule has 2 aromatic carbocycles. The highest BCUT2D eigenvalue weighted by molar-refractivity contribution is 6.31. The summed E-state index contributed by atoms with van der Waals surface area (Å²) in [6.07, 6.45) is 0. The Kier molecular flexibility index (Phi) is 7.90. The number of hydrogen-bond acceptors (Lipinski definition) is 7. The van der Waals surface area contributed by atoms with Gasteiger partial charge in [0.2, 0.25) is 11.7 Å². The Morgan fingerprint density at radius 1 is 1.11 bits per heavy atom. The zero-order valence-electron chi connectivity index (χ0n) is 20.0. The van der Waals surface area contributed by atoms with Crippen LogP contribution in [0.15, 0.2) is 36.4 Å². The van der Waals surface area contributed by atoms with Crippen molar-refractivity contribution < 1.29 is 23.5 Å². The predicted molar refractivity (Wildman–Crippen MR) is 128 cm³/mol. The van der Waals surface area contributed by atoms with Crippen LogP contribution >= 0.6 is 11.6 Å². The minimum atomic E-state index is -0.639. The summed E-state index contributed by atoms with van der Waals surface area (Å²) in [4.78, 5) is 28.0. The van der Waals surface area contributed by atoms with E-state index in [4.69, 9.17) is 21.1 Å². The van der Waals surface area contributed by atoms with Crippen LogP contribution in [-0.2, 0) is 16.1 Å². The van der Waals surface area contributed by atoms with Crippen LogP contribution in [0.3, 0.4) is 0 Å². The summed E-state index contributed by atoms with van der Waals surface area (Å²) in [6.45, 7) is 4.83. The molecule has 10 nitrogen and oxygen atoms in total. The second kappa shape index (κ2) is 10.7. The number of nitrogens with zero attached hydrogens (tertiary/aromatic N) is 5. The standard InChI is InChI=1S/C23H26ClFN6O4/c1-23(2,3)26-20(32)12-30(15-7-8-17(25)16(24)11-15)21(33)13-31-28-22(27-29-31)14-6-9-18(34-4)19(10-14)35-5/h6-11H,12-13H2,1-5H3,(H,26,32). The average molecular weight is 505 g/mol. The number of amides is 2. The summed E-state index contributed by atoms with van der Waals surface area (Å²) in [5.74, 6) is -0.264. The molecule has 1 aromatic heterocycles. The Bertz CT molecular complexity index is 1230. The number of rotatable bonds is 8. The highest BCUT2D eigenvalue weighted by Gasteiger charge is 2.24. The topological polar surface area (TPSA) is 111 Å². The first-order chi connectivity index (χ1) is 16.5. The van der Waals surface area contributed by atoms with E-state index in [1.54, 1.807) is 18.2 Å². The van der Waals surface area contributed by atoms with Crippen molar-refractivity contribution in [2.24, 2.45) is 0 Å². The van der Waals surface area contributed by atoms with E-state index in [-0.39, 0.29) is 29.6 Å². The van der Waals surface area contributed by atoms with Crippen LogP contribution in [0.1, 0.15) is 20.8 Å². The molecule has 0 bridgehead atoms. The molecule has 0 saturated carbocycles. The van der Waals surface area contributed by atoms with Gasteiger partial charge in [0.05, 0.1) is 19.2 Å². The van der Waals surface area contributed by atoms with E-state index in [1.807, 2.05) is 20.8 Å². The highest BCUT2D eigenvalue weighted by atomic mass is 35.5. The van der Waals surface area contributed by atoms with Crippen LogP contribution in [0.25, 0.3) is 11.4 Å². The number of tetrazole rings is 1. The zero-order chi connectivity index (χ0) is 25.8. The zero-order valence-corrected chi connectivity index (χ0v) is 20.8. The minimum absolute atomic E-state index is 0.175. The number of carbonyl (C=O) groups excluding carboxylic acids is 2. The molecule has 1 heterocycles. The maximum absolute atomic E-state index is 13.7. The largest absolute Gasteiger partial charge is 0.493 e. The molecule has 3 aromatic rings. The quantitative estimate of drug-likeness (QED) is 0.501. The van der Waals surface area contributed by atoms with Gasteiger partial charge in [0, 0.05) is 16.8 Å². The lowest BCUT2D eigenvalue weighted by molar-refractivity contribution is -0.125. The fraction of sp³-hybridized carbons (Fsp3) is 0.348. The number of hydrogen-bond donors (Lipinski definition) is 1. The van der Waals surface area contributed by atoms with Crippen molar-refractivity contribution in [2.75, 3.05) is 25.7 Å².